The third-order valence-corrected chi connectivity index (χ3v) is 5.79. The molecule has 0 atom stereocenters. The van der Waals surface area contributed by atoms with Crippen molar-refractivity contribution in [3.05, 3.63) is 35.1 Å². The second kappa shape index (κ2) is 9.56. The van der Waals surface area contributed by atoms with Gasteiger partial charge in [-0.05, 0) is 50.0 Å². The van der Waals surface area contributed by atoms with Crippen molar-refractivity contribution in [3.8, 4) is 6.01 Å². The number of unbranched alkanes of at least 4 members (excludes halogenated alkanes) is 1. The number of ether oxygens (including phenoxy) is 1. The Kier molecular flexibility index (Phi) is 6.59. The molecule has 32 heavy (non-hydrogen) atoms. The van der Waals surface area contributed by atoms with Crippen LogP contribution in [0.5, 0.6) is 6.01 Å². The van der Waals surface area contributed by atoms with Gasteiger partial charge in [0.1, 0.15) is 11.5 Å². The number of hydrogen-bond acceptors (Lipinski definition) is 7. The molecule has 9 nitrogen and oxygen atoms in total. The van der Waals surface area contributed by atoms with Crippen LogP contribution in [-0.4, -0.2) is 52.7 Å². The number of nitrogens with one attached hydrogen (secondary N) is 1. The van der Waals surface area contributed by atoms with Crippen LogP contribution in [0.15, 0.2) is 18.2 Å². The Morgan fingerprint density at radius 1 is 1.22 bits per heavy atom. The summed E-state index contributed by atoms with van der Waals surface area (Å²) in [6, 6.07) is 4.88. The standard InChI is InChI=1S/C22H30FN7O2/c1-3-4-11-32-21-26-19(24)18-20(27-21)30(28(2)22(31)25-18)13-15-7-8-17(23)16(12-15)14-29-9-5-6-10-29/h7-8,12H,3-6,9-11,13-14H2,1-2H3,(H,25,31)(H2,24,26,27). The smallest absolute Gasteiger partial charge is 0.340 e. The van der Waals surface area contributed by atoms with E-state index in [0.29, 0.717) is 36.8 Å². The van der Waals surface area contributed by atoms with Crippen LogP contribution in [0.4, 0.5) is 26.5 Å². The summed E-state index contributed by atoms with van der Waals surface area (Å²) in [7, 11) is 1.64. The molecule has 3 heterocycles. The molecule has 0 bridgehead atoms. The highest BCUT2D eigenvalue weighted by atomic mass is 19.1. The largest absolute Gasteiger partial charge is 0.463 e. The van der Waals surface area contributed by atoms with Crippen LogP contribution in [-0.2, 0) is 13.1 Å². The summed E-state index contributed by atoms with van der Waals surface area (Å²) >= 11 is 0. The predicted molar refractivity (Wildman–Crippen MR) is 121 cm³/mol. The fourth-order valence-electron chi connectivity index (χ4n) is 3.95. The topological polar surface area (TPSA) is 99.8 Å². The molecule has 3 N–H and O–H groups in total. The molecule has 2 aromatic rings. The summed E-state index contributed by atoms with van der Waals surface area (Å²) in [5.41, 5.74) is 7.95. The zero-order chi connectivity index (χ0) is 22.7. The van der Waals surface area contributed by atoms with Gasteiger partial charge in [0, 0.05) is 19.2 Å². The van der Waals surface area contributed by atoms with Crippen molar-refractivity contribution in [2.45, 2.75) is 45.7 Å². The normalized spacial score (nSPS) is 16.3. The Balaban J connectivity index is 1.61. The summed E-state index contributed by atoms with van der Waals surface area (Å²) in [5.74, 6) is 0.363. The minimum Gasteiger partial charge on any atom is -0.463 e. The number of amides is 2. The minimum atomic E-state index is -0.355. The first-order valence-corrected chi connectivity index (χ1v) is 11.1. The number of nitrogens with two attached hydrogens (primary N) is 1. The van der Waals surface area contributed by atoms with Gasteiger partial charge in [0.15, 0.2) is 11.6 Å². The summed E-state index contributed by atoms with van der Waals surface area (Å²) in [6.07, 6.45) is 4.15. The molecule has 2 amide bonds. The minimum absolute atomic E-state index is 0.141. The van der Waals surface area contributed by atoms with Crippen LogP contribution in [0.25, 0.3) is 0 Å². The van der Waals surface area contributed by atoms with Gasteiger partial charge >= 0.3 is 12.0 Å². The van der Waals surface area contributed by atoms with Gasteiger partial charge in [0.25, 0.3) is 0 Å². The van der Waals surface area contributed by atoms with Gasteiger partial charge in [0.2, 0.25) is 0 Å². The van der Waals surface area contributed by atoms with Crippen LogP contribution in [0.1, 0.15) is 43.7 Å². The first-order chi connectivity index (χ1) is 15.5. The van der Waals surface area contributed by atoms with E-state index in [1.54, 1.807) is 18.1 Å². The zero-order valence-electron chi connectivity index (χ0n) is 18.6. The van der Waals surface area contributed by atoms with E-state index in [2.05, 4.69) is 27.1 Å². The third-order valence-electron chi connectivity index (χ3n) is 5.79. The van der Waals surface area contributed by atoms with Crippen LogP contribution < -0.4 is 20.8 Å². The lowest BCUT2D eigenvalue weighted by molar-refractivity contribution is 0.214. The number of halogens is 1. The number of carbonyl (C=O) groups excluding carboxylic acids is 1. The van der Waals surface area contributed by atoms with E-state index in [1.165, 1.54) is 11.1 Å². The number of rotatable bonds is 8. The molecule has 10 heteroatoms. The SMILES string of the molecule is CCCCOc1nc(N)c2c(n1)N(Cc1ccc(F)c(CN3CCCC3)c1)N(C)C(=O)N2. The average molecular weight is 444 g/mol. The molecule has 2 aliphatic rings. The molecule has 1 aromatic heterocycles. The van der Waals surface area contributed by atoms with Gasteiger partial charge in [-0.1, -0.05) is 19.4 Å². The molecule has 1 saturated heterocycles. The van der Waals surface area contributed by atoms with E-state index in [-0.39, 0.29) is 23.7 Å². The zero-order valence-corrected chi connectivity index (χ0v) is 18.6. The van der Waals surface area contributed by atoms with Crippen molar-refractivity contribution < 1.29 is 13.9 Å². The Morgan fingerprint density at radius 3 is 2.75 bits per heavy atom. The van der Waals surface area contributed by atoms with E-state index < -0.39 is 0 Å². The summed E-state index contributed by atoms with van der Waals surface area (Å²) in [6.45, 7) is 5.42. The van der Waals surface area contributed by atoms with E-state index in [4.69, 9.17) is 10.5 Å². The monoisotopic (exact) mass is 443 g/mol. The average Bonchev–Trinajstić information content (AvgIpc) is 3.28. The predicted octanol–water partition coefficient (Wildman–Crippen LogP) is 3.37. The van der Waals surface area contributed by atoms with Gasteiger partial charge in [-0.25, -0.2) is 14.2 Å². The number of urea groups is 1. The molecule has 1 fully saturated rings. The number of aromatic nitrogens is 2. The number of benzene rings is 1. The van der Waals surface area contributed by atoms with Gasteiger partial charge in [-0.15, -0.1) is 0 Å². The van der Waals surface area contributed by atoms with Crippen LogP contribution >= 0.6 is 0 Å². The molecular formula is C22H30FN7O2. The quantitative estimate of drug-likeness (QED) is 0.604. The molecule has 1 aromatic carbocycles. The second-order valence-electron chi connectivity index (χ2n) is 8.21. The maximum Gasteiger partial charge on any atom is 0.340 e. The molecule has 0 radical (unpaired) electrons. The van der Waals surface area contributed by atoms with Gasteiger partial charge < -0.3 is 10.5 Å². The second-order valence-corrected chi connectivity index (χ2v) is 8.21. The van der Waals surface area contributed by atoms with Crippen molar-refractivity contribution in [2.75, 3.05) is 42.8 Å². The van der Waals surface area contributed by atoms with Gasteiger partial charge in [-0.2, -0.15) is 9.97 Å². The highest BCUT2D eigenvalue weighted by molar-refractivity contribution is 5.99. The Labute approximate surface area is 187 Å². The van der Waals surface area contributed by atoms with Crippen molar-refractivity contribution in [3.63, 3.8) is 0 Å². The molecule has 0 unspecified atom stereocenters. The summed E-state index contributed by atoms with van der Waals surface area (Å²) in [5, 5.41) is 5.85. The van der Waals surface area contributed by atoms with E-state index >= 15 is 0 Å². The lowest BCUT2D eigenvalue weighted by atomic mass is 10.1. The highest BCUT2D eigenvalue weighted by Crippen LogP contribution is 2.36. The number of hydrogen-bond donors (Lipinski definition) is 2. The summed E-state index contributed by atoms with van der Waals surface area (Å²) in [4.78, 5) is 23.5. The number of nitrogen functional groups attached to an aromatic ring is 1. The number of carbonyl (C=O) groups is 1. The maximum absolute atomic E-state index is 14.5. The van der Waals surface area contributed by atoms with Crippen molar-refractivity contribution >= 4 is 23.4 Å². The number of likely N-dealkylation sites (tertiary alicyclic amines) is 1. The maximum atomic E-state index is 14.5. The first-order valence-electron chi connectivity index (χ1n) is 11.1. The van der Waals surface area contributed by atoms with E-state index in [1.807, 2.05) is 6.07 Å². The van der Waals surface area contributed by atoms with Crippen molar-refractivity contribution in [1.82, 2.24) is 19.9 Å². The van der Waals surface area contributed by atoms with Crippen molar-refractivity contribution in [2.24, 2.45) is 0 Å². The number of fused-ring (bicyclic) bond motifs is 1. The molecule has 4 rings (SSSR count). The van der Waals surface area contributed by atoms with Gasteiger partial charge in [0.05, 0.1) is 13.2 Å². The molecule has 0 aliphatic carbocycles. The van der Waals surface area contributed by atoms with Crippen LogP contribution in [0.3, 0.4) is 0 Å². The summed E-state index contributed by atoms with van der Waals surface area (Å²) < 4.78 is 20.1. The lowest BCUT2D eigenvalue weighted by Crippen LogP contribution is -2.50. The Morgan fingerprint density at radius 2 is 2.00 bits per heavy atom. The fraction of sp³-hybridized carbons (Fsp3) is 0.500. The number of anilines is 3. The molecule has 2 aliphatic heterocycles. The lowest BCUT2D eigenvalue weighted by Gasteiger charge is -2.38. The number of hydrazine groups is 1. The Hall–Kier alpha value is -3.14. The number of nitrogens with zero attached hydrogens (tertiary/aromatic N) is 5. The highest BCUT2D eigenvalue weighted by Gasteiger charge is 2.31. The molecular weight excluding hydrogens is 413 g/mol. The van der Waals surface area contributed by atoms with Crippen LogP contribution in [0, 0.1) is 5.82 Å². The molecule has 172 valence electrons. The first kappa shape index (κ1) is 22.1. The third kappa shape index (κ3) is 4.69. The van der Waals surface area contributed by atoms with E-state index in [9.17, 15) is 9.18 Å². The molecule has 0 saturated carbocycles. The molecule has 0 spiro atoms. The Bertz CT molecular complexity index is 981. The van der Waals surface area contributed by atoms with Crippen LogP contribution in [0.2, 0.25) is 0 Å². The van der Waals surface area contributed by atoms with Gasteiger partial charge in [-0.3, -0.25) is 15.2 Å². The van der Waals surface area contributed by atoms with Crippen molar-refractivity contribution in [1.29, 1.82) is 0 Å². The fourth-order valence-corrected chi connectivity index (χ4v) is 3.95. The van der Waals surface area contributed by atoms with E-state index in [0.717, 1.165) is 44.3 Å².